The van der Waals surface area contributed by atoms with Crippen LogP contribution in [-0.2, 0) is 39.4 Å². The van der Waals surface area contributed by atoms with Crippen LogP contribution in [0, 0.1) is 5.82 Å². The van der Waals surface area contributed by atoms with Gasteiger partial charge in [-0.15, -0.1) is 0 Å². The molecule has 1 N–H and O–H groups in total. The molecule has 0 bridgehead atoms. The molecular formula is C25H27FN4O. The average molecular weight is 419 g/mol. The monoisotopic (exact) mass is 418 g/mol. The fourth-order valence-electron chi connectivity index (χ4n) is 4.86. The fraction of sp³-hybridized carbons (Fsp3) is 0.360. The lowest BCUT2D eigenvalue weighted by atomic mass is 9.90. The molecule has 2 heterocycles. The SMILES string of the molecule is Cn1nc(C(=O)N2CCc3ccccc3C2)c2c1CC[C@@H](NCc1cccc(F)c1)C2. The van der Waals surface area contributed by atoms with Crippen molar-refractivity contribution in [3.63, 3.8) is 0 Å². The number of rotatable bonds is 4. The Labute approximate surface area is 181 Å². The van der Waals surface area contributed by atoms with E-state index in [9.17, 15) is 9.18 Å². The van der Waals surface area contributed by atoms with Gasteiger partial charge in [-0.05, 0) is 54.5 Å². The molecule has 0 saturated heterocycles. The highest BCUT2D eigenvalue weighted by Gasteiger charge is 2.31. The minimum atomic E-state index is -0.214. The van der Waals surface area contributed by atoms with Crippen molar-refractivity contribution in [1.82, 2.24) is 20.0 Å². The third-order valence-electron chi connectivity index (χ3n) is 6.56. The number of fused-ring (bicyclic) bond motifs is 2. The summed E-state index contributed by atoms with van der Waals surface area (Å²) in [6.45, 7) is 1.98. The lowest BCUT2D eigenvalue weighted by Crippen LogP contribution is -2.38. The van der Waals surface area contributed by atoms with Crippen LogP contribution in [0.15, 0.2) is 48.5 Å². The zero-order valence-corrected chi connectivity index (χ0v) is 17.8. The topological polar surface area (TPSA) is 50.2 Å². The summed E-state index contributed by atoms with van der Waals surface area (Å²) in [4.78, 5) is 15.3. The number of aryl methyl sites for hydroxylation is 1. The highest BCUT2D eigenvalue weighted by molar-refractivity contribution is 5.94. The number of hydrogen-bond acceptors (Lipinski definition) is 3. The molecule has 1 amide bonds. The zero-order valence-electron chi connectivity index (χ0n) is 17.8. The van der Waals surface area contributed by atoms with Crippen LogP contribution in [0.3, 0.4) is 0 Å². The smallest absolute Gasteiger partial charge is 0.274 e. The van der Waals surface area contributed by atoms with Gasteiger partial charge in [0.2, 0.25) is 0 Å². The van der Waals surface area contributed by atoms with Gasteiger partial charge < -0.3 is 10.2 Å². The van der Waals surface area contributed by atoms with Crippen molar-refractivity contribution in [1.29, 1.82) is 0 Å². The van der Waals surface area contributed by atoms with E-state index in [1.165, 1.54) is 17.2 Å². The minimum Gasteiger partial charge on any atom is -0.333 e. The second kappa shape index (κ2) is 8.27. The number of carbonyl (C=O) groups is 1. The van der Waals surface area contributed by atoms with Gasteiger partial charge in [0.05, 0.1) is 0 Å². The molecule has 5 rings (SSSR count). The minimum absolute atomic E-state index is 0.0251. The van der Waals surface area contributed by atoms with Gasteiger partial charge in [-0.25, -0.2) is 4.39 Å². The molecule has 1 atom stereocenters. The molecule has 0 unspecified atom stereocenters. The summed E-state index contributed by atoms with van der Waals surface area (Å²) < 4.78 is 15.3. The van der Waals surface area contributed by atoms with E-state index in [0.717, 1.165) is 49.0 Å². The Bertz CT molecular complexity index is 1120. The molecule has 1 aromatic heterocycles. The summed E-state index contributed by atoms with van der Waals surface area (Å²) in [5.41, 5.74) is 6.30. The lowest BCUT2D eigenvalue weighted by molar-refractivity contribution is 0.0726. The summed E-state index contributed by atoms with van der Waals surface area (Å²) in [7, 11) is 1.93. The molecule has 1 aliphatic heterocycles. The third kappa shape index (κ3) is 4.00. The number of nitrogens with zero attached hydrogens (tertiary/aromatic N) is 3. The van der Waals surface area contributed by atoms with Crippen LogP contribution in [0.4, 0.5) is 4.39 Å². The number of hydrogen-bond donors (Lipinski definition) is 1. The van der Waals surface area contributed by atoms with Gasteiger partial charge >= 0.3 is 0 Å². The summed E-state index contributed by atoms with van der Waals surface area (Å²) in [6.07, 6.45) is 3.51. The van der Waals surface area contributed by atoms with Crippen molar-refractivity contribution in [2.75, 3.05) is 6.54 Å². The Morgan fingerprint density at radius 3 is 2.84 bits per heavy atom. The first-order valence-electron chi connectivity index (χ1n) is 11.0. The Morgan fingerprint density at radius 1 is 1.16 bits per heavy atom. The second-order valence-electron chi connectivity index (χ2n) is 8.59. The predicted molar refractivity (Wildman–Crippen MR) is 117 cm³/mol. The first-order valence-corrected chi connectivity index (χ1v) is 11.0. The van der Waals surface area contributed by atoms with Crippen LogP contribution in [0.25, 0.3) is 0 Å². The average Bonchev–Trinajstić information content (AvgIpc) is 3.12. The quantitative estimate of drug-likeness (QED) is 0.707. The van der Waals surface area contributed by atoms with Crippen LogP contribution in [-0.4, -0.2) is 33.2 Å². The van der Waals surface area contributed by atoms with E-state index in [0.29, 0.717) is 18.8 Å². The lowest BCUT2D eigenvalue weighted by Gasteiger charge is -2.29. The Morgan fingerprint density at radius 2 is 2.00 bits per heavy atom. The van der Waals surface area contributed by atoms with E-state index in [-0.39, 0.29) is 17.8 Å². The summed E-state index contributed by atoms with van der Waals surface area (Å²) in [5.74, 6) is -0.189. The molecular weight excluding hydrogens is 391 g/mol. The van der Waals surface area contributed by atoms with Crippen molar-refractivity contribution < 1.29 is 9.18 Å². The van der Waals surface area contributed by atoms with Crippen LogP contribution in [0.5, 0.6) is 0 Å². The van der Waals surface area contributed by atoms with E-state index in [2.05, 4.69) is 28.6 Å². The van der Waals surface area contributed by atoms with Crippen molar-refractivity contribution in [3.8, 4) is 0 Å². The highest BCUT2D eigenvalue weighted by Crippen LogP contribution is 2.27. The Hall–Kier alpha value is -2.99. The molecule has 0 spiro atoms. The largest absolute Gasteiger partial charge is 0.333 e. The molecule has 0 saturated carbocycles. The maximum absolute atomic E-state index is 13.5. The Kier molecular flexibility index (Phi) is 5.32. The number of aromatic nitrogens is 2. The second-order valence-corrected chi connectivity index (χ2v) is 8.59. The molecule has 160 valence electrons. The molecule has 1 aliphatic carbocycles. The van der Waals surface area contributed by atoms with E-state index in [4.69, 9.17) is 0 Å². The maximum Gasteiger partial charge on any atom is 0.274 e. The maximum atomic E-state index is 13.5. The van der Waals surface area contributed by atoms with Gasteiger partial charge in [-0.2, -0.15) is 5.10 Å². The van der Waals surface area contributed by atoms with Gasteiger partial charge in [-0.3, -0.25) is 9.48 Å². The molecule has 3 aromatic rings. The molecule has 0 fully saturated rings. The predicted octanol–water partition coefficient (Wildman–Crippen LogP) is 3.40. The van der Waals surface area contributed by atoms with Crippen LogP contribution in [0.2, 0.25) is 0 Å². The van der Waals surface area contributed by atoms with Crippen molar-refractivity contribution >= 4 is 5.91 Å². The molecule has 0 radical (unpaired) electrons. The molecule has 2 aliphatic rings. The number of benzene rings is 2. The van der Waals surface area contributed by atoms with Gasteiger partial charge in [0.25, 0.3) is 5.91 Å². The zero-order chi connectivity index (χ0) is 21.4. The van der Waals surface area contributed by atoms with E-state index in [1.807, 2.05) is 28.8 Å². The van der Waals surface area contributed by atoms with Crippen LogP contribution in [0.1, 0.15) is 44.9 Å². The number of carbonyl (C=O) groups excluding carboxylic acids is 1. The van der Waals surface area contributed by atoms with Crippen LogP contribution >= 0.6 is 0 Å². The molecule has 31 heavy (non-hydrogen) atoms. The van der Waals surface area contributed by atoms with Gasteiger partial charge in [0.1, 0.15) is 5.82 Å². The Balaban J connectivity index is 1.31. The number of nitrogens with one attached hydrogen (secondary N) is 1. The van der Waals surface area contributed by atoms with Crippen molar-refractivity contribution in [2.24, 2.45) is 7.05 Å². The van der Waals surface area contributed by atoms with E-state index >= 15 is 0 Å². The summed E-state index contributed by atoms with van der Waals surface area (Å²) in [6, 6.07) is 15.3. The van der Waals surface area contributed by atoms with Gasteiger partial charge in [-0.1, -0.05) is 36.4 Å². The molecule has 5 nitrogen and oxygen atoms in total. The summed E-state index contributed by atoms with van der Waals surface area (Å²) >= 11 is 0. The number of halogens is 1. The van der Waals surface area contributed by atoms with Crippen molar-refractivity contribution in [3.05, 3.63) is 88.0 Å². The first-order chi connectivity index (χ1) is 15.1. The standard InChI is InChI=1S/C25H27FN4O/c1-29-23-10-9-21(27-15-17-5-4-8-20(26)13-17)14-22(23)24(28-29)25(31)30-12-11-18-6-2-3-7-19(18)16-30/h2-8,13,21,27H,9-12,14-16H2,1H3/t21-/m1/s1. The normalized spacial score (nSPS) is 17.9. The van der Waals surface area contributed by atoms with Gasteiger partial charge in [0, 0.05) is 44.0 Å². The fourth-order valence-corrected chi connectivity index (χ4v) is 4.86. The summed E-state index contributed by atoms with van der Waals surface area (Å²) in [5, 5.41) is 8.18. The molecule has 6 heteroatoms. The van der Waals surface area contributed by atoms with E-state index < -0.39 is 0 Å². The highest BCUT2D eigenvalue weighted by atomic mass is 19.1. The number of amides is 1. The third-order valence-corrected chi connectivity index (χ3v) is 6.56. The van der Waals surface area contributed by atoms with Gasteiger partial charge in [0.15, 0.2) is 5.69 Å². The van der Waals surface area contributed by atoms with Crippen molar-refractivity contribution in [2.45, 2.75) is 44.8 Å². The molecule has 2 aromatic carbocycles. The first kappa shape index (κ1) is 19.9. The van der Waals surface area contributed by atoms with E-state index in [1.54, 1.807) is 12.1 Å². The van der Waals surface area contributed by atoms with Crippen LogP contribution < -0.4 is 5.32 Å².